The van der Waals surface area contributed by atoms with Crippen LogP contribution in [-0.4, -0.2) is 31.0 Å². The van der Waals surface area contributed by atoms with E-state index in [2.05, 4.69) is 5.32 Å². The summed E-state index contributed by atoms with van der Waals surface area (Å²) in [4.78, 5) is 27.1. The minimum absolute atomic E-state index is 0.0260. The molecule has 0 radical (unpaired) electrons. The lowest BCUT2D eigenvalue weighted by Crippen LogP contribution is -2.43. The van der Waals surface area contributed by atoms with Gasteiger partial charge in [0.2, 0.25) is 5.91 Å². The zero-order valence-corrected chi connectivity index (χ0v) is 16.8. The maximum atomic E-state index is 14.0. The lowest BCUT2D eigenvalue weighted by atomic mass is 9.74. The topological polar surface area (TPSA) is 58.6 Å². The highest BCUT2D eigenvalue weighted by Gasteiger charge is 2.48. The van der Waals surface area contributed by atoms with Gasteiger partial charge < -0.3 is 15.0 Å². The van der Waals surface area contributed by atoms with Crippen molar-refractivity contribution >= 4 is 17.6 Å². The number of esters is 1. The van der Waals surface area contributed by atoms with Gasteiger partial charge in [0, 0.05) is 30.6 Å². The molecule has 1 atom stereocenters. The quantitative estimate of drug-likeness (QED) is 0.786. The Hall–Kier alpha value is -2.89. The fourth-order valence-electron chi connectivity index (χ4n) is 5.19. The first-order chi connectivity index (χ1) is 14.6. The molecule has 1 aliphatic carbocycles. The molecule has 1 amide bonds. The van der Waals surface area contributed by atoms with Gasteiger partial charge in [-0.2, -0.15) is 0 Å². The first kappa shape index (κ1) is 19.1. The molecule has 2 fully saturated rings. The molecule has 5 nitrogen and oxygen atoms in total. The van der Waals surface area contributed by atoms with Gasteiger partial charge in [-0.15, -0.1) is 0 Å². The van der Waals surface area contributed by atoms with Crippen molar-refractivity contribution in [1.82, 2.24) is 5.32 Å². The van der Waals surface area contributed by atoms with Crippen molar-refractivity contribution in [1.29, 1.82) is 0 Å². The van der Waals surface area contributed by atoms with Crippen LogP contribution in [0.5, 0.6) is 0 Å². The van der Waals surface area contributed by atoms with Gasteiger partial charge in [-0.3, -0.25) is 4.79 Å². The Labute approximate surface area is 175 Å². The summed E-state index contributed by atoms with van der Waals surface area (Å²) in [6, 6.07) is 14.3. The van der Waals surface area contributed by atoms with Crippen LogP contribution < -0.4 is 10.2 Å². The smallest absolute Gasteiger partial charge is 0.339 e. The number of amides is 1. The van der Waals surface area contributed by atoms with E-state index in [1.807, 2.05) is 35.2 Å². The molecule has 0 aromatic heterocycles. The van der Waals surface area contributed by atoms with Crippen molar-refractivity contribution in [2.24, 2.45) is 5.92 Å². The van der Waals surface area contributed by atoms with Crippen molar-refractivity contribution in [2.45, 2.75) is 43.7 Å². The van der Waals surface area contributed by atoms with E-state index in [9.17, 15) is 14.0 Å². The number of hydrogen-bond acceptors (Lipinski definition) is 4. The van der Waals surface area contributed by atoms with Crippen LogP contribution in [0.15, 0.2) is 48.5 Å². The number of rotatable bonds is 3. The molecule has 2 aromatic rings. The number of nitrogens with one attached hydrogen (secondary N) is 1. The number of fused-ring (bicyclic) bond motifs is 2. The summed E-state index contributed by atoms with van der Waals surface area (Å²) in [5, 5.41) is 3.16. The lowest BCUT2D eigenvalue weighted by molar-refractivity contribution is -0.128. The third-order valence-electron chi connectivity index (χ3n) is 6.82. The molecule has 156 valence electrons. The molecular weight excluding hydrogens is 383 g/mol. The normalized spacial score (nSPS) is 27.8. The fraction of sp³-hybridized carbons (Fsp3) is 0.417. The molecule has 5 rings (SSSR count). The molecule has 30 heavy (non-hydrogen) atoms. The third-order valence-corrected chi connectivity index (χ3v) is 6.82. The second-order valence-electron chi connectivity index (χ2n) is 8.60. The first-order valence-corrected chi connectivity index (χ1v) is 10.7. The Balaban J connectivity index is 1.19. The highest BCUT2D eigenvalue weighted by molar-refractivity contribution is 5.94. The van der Waals surface area contributed by atoms with Crippen molar-refractivity contribution in [3.8, 4) is 0 Å². The van der Waals surface area contributed by atoms with Crippen LogP contribution in [0.2, 0.25) is 0 Å². The van der Waals surface area contributed by atoms with Crippen LogP contribution in [0.1, 0.15) is 48.0 Å². The van der Waals surface area contributed by atoms with Crippen molar-refractivity contribution in [3.63, 3.8) is 0 Å². The molecule has 1 spiro atoms. The largest absolute Gasteiger partial charge is 0.451 e. The maximum Gasteiger partial charge on any atom is 0.339 e. The van der Waals surface area contributed by atoms with Gasteiger partial charge in [-0.1, -0.05) is 30.3 Å². The average molecular weight is 408 g/mol. The maximum absolute atomic E-state index is 14.0. The van der Waals surface area contributed by atoms with E-state index >= 15 is 0 Å². The number of benzene rings is 2. The number of halogens is 1. The minimum atomic E-state index is -0.570. The van der Waals surface area contributed by atoms with E-state index in [0.29, 0.717) is 43.5 Å². The molecule has 0 bridgehead atoms. The summed E-state index contributed by atoms with van der Waals surface area (Å²) in [6.45, 7) is 1.35. The standard InChI is InChI=1S/C24H25FN2O3/c25-20-7-3-4-8-21(20)27-14-11-17(15-27)26-22(28)16-9-12-24(13-10-16)19-6-2-1-5-18(19)23(29)30-24/h1-8,16-17H,9-15H2,(H,26,28). The number of hydrogen-bond donors (Lipinski definition) is 1. The predicted molar refractivity (Wildman–Crippen MR) is 111 cm³/mol. The van der Waals surface area contributed by atoms with Gasteiger partial charge in [0.25, 0.3) is 0 Å². The zero-order chi connectivity index (χ0) is 20.7. The van der Waals surface area contributed by atoms with E-state index in [1.54, 1.807) is 12.1 Å². The van der Waals surface area contributed by atoms with Crippen molar-refractivity contribution < 1.29 is 18.7 Å². The van der Waals surface area contributed by atoms with Crippen LogP contribution in [0.25, 0.3) is 0 Å². The number of ether oxygens (including phenoxy) is 1. The van der Waals surface area contributed by atoms with E-state index < -0.39 is 5.60 Å². The predicted octanol–water partition coefficient (Wildman–Crippen LogP) is 3.78. The second kappa shape index (κ2) is 7.42. The summed E-state index contributed by atoms with van der Waals surface area (Å²) in [7, 11) is 0. The molecule has 1 N–H and O–H groups in total. The van der Waals surface area contributed by atoms with Gasteiger partial charge in [-0.05, 0) is 50.3 Å². The van der Waals surface area contributed by atoms with Gasteiger partial charge >= 0.3 is 5.97 Å². The van der Waals surface area contributed by atoms with Crippen LogP contribution in [-0.2, 0) is 15.1 Å². The van der Waals surface area contributed by atoms with E-state index in [-0.39, 0.29) is 29.7 Å². The third kappa shape index (κ3) is 3.24. The molecule has 1 unspecified atom stereocenters. The van der Waals surface area contributed by atoms with E-state index in [4.69, 9.17) is 4.74 Å². The average Bonchev–Trinajstić information content (AvgIpc) is 3.32. The Kier molecular flexibility index (Phi) is 4.72. The lowest BCUT2D eigenvalue weighted by Gasteiger charge is -2.36. The number of carbonyl (C=O) groups is 2. The molecule has 3 aliphatic rings. The van der Waals surface area contributed by atoms with Crippen LogP contribution in [0.4, 0.5) is 10.1 Å². The summed E-state index contributed by atoms with van der Waals surface area (Å²) in [6.07, 6.45) is 3.52. The second-order valence-corrected chi connectivity index (χ2v) is 8.60. The molecule has 6 heteroatoms. The number of carbonyl (C=O) groups excluding carboxylic acids is 2. The molecule has 2 aliphatic heterocycles. The first-order valence-electron chi connectivity index (χ1n) is 10.7. The Morgan fingerprint density at radius 2 is 1.80 bits per heavy atom. The van der Waals surface area contributed by atoms with Gasteiger partial charge in [0.1, 0.15) is 11.4 Å². The van der Waals surface area contributed by atoms with Crippen LogP contribution in [0, 0.1) is 11.7 Å². The fourth-order valence-corrected chi connectivity index (χ4v) is 5.19. The Morgan fingerprint density at radius 3 is 2.60 bits per heavy atom. The Morgan fingerprint density at radius 1 is 1.07 bits per heavy atom. The van der Waals surface area contributed by atoms with E-state index in [0.717, 1.165) is 18.5 Å². The SMILES string of the molecule is O=C1OC2(CCC(C(=O)NC3CCN(c4ccccc4F)C3)CC2)c2ccccc21. The van der Waals surface area contributed by atoms with E-state index in [1.165, 1.54) is 6.07 Å². The highest BCUT2D eigenvalue weighted by Crippen LogP contribution is 2.48. The van der Waals surface area contributed by atoms with Gasteiger partial charge in [-0.25, -0.2) is 9.18 Å². The number of anilines is 1. The molecule has 1 saturated carbocycles. The zero-order valence-electron chi connectivity index (χ0n) is 16.8. The highest BCUT2D eigenvalue weighted by atomic mass is 19.1. The van der Waals surface area contributed by atoms with Crippen LogP contribution in [0.3, 0.4) is 0 Å². The molecule has 1 saturated heterocycles. The van der Waals surface area contributed by atoms with Crippen LogP contribution >= 0.6 is 0 Å². The number of para-hydroxylation sites is 1. The molecule has 2 heterocycles. The summed E-state index contributed by atoms with van der Waals surface area (Å²) >= 11 is 0. The van der Waals surface area contributed by atoms with Crippen molar-refractivity contribution in [2.75, 3.05) is 18.0 Å². The number of nitrogens with zero attached hydrogens (tertiary/aromatic N) is 1. The molecular formula is C24H25FN2O3. The summed E-state index contributed by atoms with van der Waals surface area (Å²) < 4.78 is 19.8. The monoisotopic (exact) mass is 408 g/mol. The van der Waals surface area contributed by atoms with Crippen molar-refractivity contribution in [3.05, 3.63) is 65.5 Å². The minimum Gasteiger partial charge on any atom is -0.451 e. The Bertz CT molecular complexity index is 984. The molecule has 2 aromatic carbocycles. The summed E-state index contributed by atoms with van der Waals surface area (Å²) in [5.74, 6) is -0.506. The van der Waals surface area contributed by atoms with Gasteiger partial charge in [0.15, 0.2) is 0 Å². The van der Waals surface area contributed by atoms with Gasteiger partial charge in [0.05, 0.1) is 11.3 Å². The summed E-state index contributed by atoms with van der Waals surface area (Å²) in [5.41, 5.74) is 1.64.